The van der Waals surface area contributed by atoms with Crippen molar-refractivity contribution in [2.45, 2.75) is 58.5 Å². The summed E-state index contributed by atoms with van der Waals surface area (Å²) in [5, 5.41) is 0. The van der Waals surface area contributed by atoms with Crippen LogP contribution in [-0.4, -0.2) is 17.5 Å². The molecule has 0 aliphatic heterocycles. The highest BCUT2D eigenvalue weighted by Crippen LogP contribution is 2.28. The van der Waals surface area contributed by atoms with Gasteiger partial charge in [-0.1, -0.05) is 26.7 Å². The predicted molar refractivity (Wildman–Crippen MR) is 84.1 cm³/mol. The maximum Gasteiger partial charge on any atom is 0.0701 e. The first-order chi connectivity index (χ1) is 8.65. The maximum absolute atomic E-state index is 3.57. The summed E-state index contributed by atoms with van der Waals surface area (Å²) in [6.07, 6.45) is 6.99. The van der Waals surface area contributed by atoms with Crippen molar-refractivity contribution in [3.8, 4) is 0 Å². The molecule has 0 bridgehead atoms. The summed E-state index contributed by atoms with van der Waals surface area (Å²) in [6, 6.07) is 5.28. The highest BCUT2D eigenvalue weighted by Gasteiger charge is 2.22. The summed E-state index contributed by atoms with van der Waals surface area (Å²) in [7, 11) is 0. The molecule has 1 nitrogen and oxygen atoms in total. The van der Waals surface area contributed by atoms with Crippen molar-refractivity contribution in [1.29, 1.82) is 0 Å². The molecule has 0 N–H and O–H groups in total. The van der Waals surface area contributed by atoms with E-state index in [1.54, 1.807) is 0 Å². The fourth-order valence-corrected chi connectivity index (χ4v) is 4.23. The van der Waals surface area contributed by atoms with Gasteiger partial charge in [0.25, 0.3) is 0 Å². The standard InChI is InChI=1S/C15H24BrNS/c1-12(2)9-10-17(13-5-3-4-6-13)11-14-7-8-15(16)18-14/h7-8,12-13H,3-6,9-11H2,1-2H3. The molecular weight excluding hydrogens is 306 g/mol. The number of hydrogen-bond acceptors (Lipinski definition) is 2. The number of halogens is 1. The molecule has 0 spiro atoms. The Morgan fingerprint density at radius 2 is 2.06 bits per heavy atom. The monoisotopic (exact) mass is 329 g/mol. The molecule has 0 saturated heterocycles. The average Bonchev–Trinajstić information content (AvgIpc) is 2.95. The van der Waals surface area contributed by atoms with Crippen LogP contribution in [0.5, 0.6) is 0 Å². The third-order valence-corrected chi connectivity index (χ3v) is 5.43. The Bertz CT molecular complexity index is 355. The van der Waals surface area contributed by atoms with E-state index in [1.807, 2.05) is 11.3 Å². The summed E-state index contributed by atoms with van der Waals surface area (Å²) < 4.78 is 1.26. The van der Waals surface area contributed by atoms with Gasteiger partial charge in [-0.05, 0) is 59.8 Å². The van der Waals surface area contributed by atoms with E-state index in [0.717, 1.165) is 18.5 Å². The van der Waals surface area contributed by atoms with Gasteiger partial charge in [0.05, 0.1) is 3.79 Å². The molecule has 1 aromatic heterocycles. The summed E-state index contributed by atoms with van der Waals surface area (Å²) in [6.45, 7) is 7.06. The Hall–Kier alpha value is 0.140. The van der Waals surface area contributed by atoms with Crippen LogP contribution in [0.25, 0.3) is 0 Å². The Balaban J connectivity index is 1.94. The van der Waals surface area contributed by atoms with Gasteiger partial charge in [-0.3, -0.25) is 4.90 Å². The van der Waals surface area contributed by atoms with Gasteiger partial charge in [-0.25, -0.2) is 0 Å². The van der Waals surface area contributed by atoms with E-state index in [0.29, 0.717) is 0 Å². The lowest BCUT2D eigenvalue weighted by Crippen LogP contribution is -2.33. The fourth-order valence-electron chi connectivity index (χ4n) is 2.72. The van der Waals surface area contributed by atoms with Crippen LogP contribution in [0.4, 0.5) is 0 Å². The first-order valence-corrected chi connectivity index (χ1v) is 8.74. The molecular formula is C15H24BrNS. The van der Waals surface area contributed by atoms with E-state index in [4.69, 9.17) is 0 Å². The fraction of sp³-hybridized carbons (Fsp3) is 0.733. The number of nitrogens with zero attached hydrogens (tertiary/aromatic N) is 1. The number of rotatable bonds is 6. The molecule has 18 heavy (non-hydrogen) atoms. The van der Waals surface area contributed by atoms with E-state index < -0.39 is 0 Å². The molecule has 1 fully saturated rings. The zero-order valence-electron chi connectivity index (χ0n) is 11.5. The van der Waals surface area contributed by atoms with E-state index in [-0.39, 0.29) is 0 Å². The molecule has 0 amide bonds. The van der Waals surface area contributed by atoms with Crippen molar-refractivity contribution in [1.82, 2.24) is 4.90 Å². The molecule has 102 valence electrons. The van der Waals surface area contributed by atoms with Crippen LogP contribution in [0.15, 0.2) is 15.9 Å². The normalized spacial score (nSPS) is 17.2. The second kappa shape index (κ2) is 7.06. The summed E-state index contributed by atoms with van der Waals surface area (Å²) in [4.78, 5) is 4.23. The van der Waals surface area contributed by atoms with Crippen molar-refractivity contribution < 1.29 is 0 Å². The van der Waals surface area contributed by atoms with Crippen LogP contribution < -0.4 is 0 Å². The van der Waals surface area contributed by atoms with Crippen LogP contribution in [0.3, 0.4) is 0 Å². The topological polar surface area (TPSA) is 3.24 Å². The second-order valence-electron chi connectivity index (χ2n) is 5.80. The van der Waals surface area contributed by atoms with Crippen LogP contribution in [0, 0.1) is 5.92 Å². The van der Waals surface area contributed by atoms with Crippen molar-refractivity contribution in [2.75, 3.05) is 6.54 Å². The summed E-state index contributed by atoms with van der Waals surface area (Å²) >= 11 is 5.45. The Morgan fingerprint density at radius 1 is 1.33 bits per heavy atom. The van der Waals surface area contributed by atoms with Crippen molar-refractivity contribution in [2.24, 2.45) is 5.92 Å². The maximum atomic E-state index is 3.57. The van der Waals surface area contributed by atoms with Gasteiger partial charge in [0.1, 0.15) is 0 Å². The third-order valence-electron chi connectivity index (χ3n) is 3.82. The minimum absolute atomic E-state index is 0.809. The summed E-state index contributed by atoms with van der Waals surface area (Å²) in [5.74, 6) is 0.809. The Kier molecular flexibility index (Phi) is 5.71. The van der Waals surface area contributed by atoms with Crippen molar-refractivity contribution in [3.05, 3.63) is 20.8 Å². The molecule has 0 atom stereocenters. The molecule has 1 aromatic rings. The third kappa shape index (κ3) is 4.36. The van der Waals surface area contributed by atoms with Crippen molar-refractivity contribution in [3.63, 3.8) is 0 Å². The quantitative estimate of drug-likeness (QED) is 0.684. The molecule has 1 aliphatic rings. The molecule has 1 heterocycles. The van der Waals surface area contributed by atoms with Gasteiger partial charge in [0.15, 0.2) is 0 Å². The smallest absolute Gasteiger partial charge is 0.0701 e. The highest BCUT2D eigenvalue weighted by molar-refractivity contribution is 9.11. The van der Waals surface area contributed by atoms with Gasteiger partial charge in [0.2, 0.25) is 0 Å². The van der Waals surface area contributed by atoms with E-state index in [1.165, 1.54) is 47.3 Å². The van der Waals surface area contributed by atoms with Crippen LogP contribution >= 0.6 is 27.3 Å². The number of thiophene rings is 1. The van der Waals surface area contributed by atoms with Crippen LogP contribution in [0.1, 0.15) is 50.8 Å². The van der Waals surface area contributed by atoms with Crippen LogP contribution in [0.2, 0.25) is 0 Å². The predicted octanol–water partition coefficient (Wildman–Crippen LogP) is 5.30. The van der Waals surface area contributed by atoms with E-state index >= 15 is 0 Å². The molecule has 2 rings (SSSR count). The molecule has 1 aliphatic carbocycles. The Morgan fingerprint density at radius 3 is 2.61 bits per heavy atom. The van der Waals surface area contributed by atoms with Gasteiger partial charge in [0, 0.05) is 17.5 Å². The Labute approximate surface area is 124 Å². The van der Waals surface area contributed by atoms with Crippen LogP contribution in [-0.2, 0) is 6.54 Å². The lowest BCUT2D eigenvalue weighted by molar-refractivity contribution is 0.181. The first kappa shape index (κ1) is 14.5. The summed E-state index contributed by atoms with van der Waals surface area (Å²) in [5.41, 5.74) is 0. The molecule has 0 aromatic carbocycles. The molecule has 0 radical (unpaired) electrons. The molecule has 1 saturated carbocycles. The molecule has 0 unspecified atom stereocenters. The van der Waals surface area contributed by atoms with Crippen molar-refractivity contribution >= 4 is 27.3 Å². The SMILES string of the molecule is CC(C)CCN(Cc1ccc(Br)s1)C1CCCC1. The van der Waals surface area contributed by atoms with E-state index in [2.05, 4.69) is 46.8 Å². The van der Waals surface area contributed by atoms with Gasteiger partial charge in [-0.15, -0.1) is 11.3 Å². The zero-order valence-corrected chi connectivity index (χ0v) is 13.9. The number of hydrogen-bond donors (Lipinski definition) is 0. The average molecular weight is 330 g/mol. The second-order valence-corrected chi connectivity index (χ2v) is 8.34. The zero-order chi connectivity index (χ0) is 13.0. The minimum Gasteiger partial charge on any atom is -0.295 e. The molecule has 3 heteroatoms. The minimum atomic E-state index is 0.809. The first-order valence-electron chi connectivity index (χ1n) is 7.13. The van der Waals surface area contributed by atoms with Gasteiger partial charge < -0.3 is 0 Å². The van der Waals surface area contributed by atoms with Gasteiger partial charge in [-0.2, -0.15) is 0 Å². The van der Waals surface area contributed by atoms with Gasteiger partial charge >= 0.3 is 0 Å². The lowest BCUT2D eigenvalue weighted by atomic mass is 10.1. The van der Waals surface area contributed by atoms with E-state index in [9.17, 15) is 0 Å². The lowest BCUT2D eigenvalue weighted by Gasteiger charge is -2.29. The highest BCUT2D eigenvalue weighted by atomic mass is 79.9. The largest absolute Gasteiger partial charge is 0.295 e.